The molecule has 1 heterocycles. The molecule has 0 aliphatic rings. The maximum atomic E-state index is 11.5. The van der Waals surface area contributed by atoms with Crippen molar-refractivity contribution in [1.82, 2.24) is 0 Å². The van der Waals surface area contributed by atoms with Gasteiger partial charge in [0.15, 0.2) is 15.6 Å². The molecule has 1 aromatic heterocycles. The van der Waals surface area contributed by atoms with E-state index in [4.69, 9.17) is 11.6 Å². The van der Waals surface area contributed by atoms with Gasteiger partial charge in [-0.3, -0.25) is 4.79 Å². The Kier molecular flexibility index (Phi) is 3.52. The Balaban J connectivity index is 2.92. The zero-order chi connectivity index (χ0) is 10.8. The van der Waals surface area contributed by atoms with E-state index in [1.807, 2.05) is 0 Å². The fourth-order valence-electron chi connectivity index (χ4n) is 0.750. The number of halogens is 1. The van der Waals surface area contributed by atoms with Crippen LogP contribution in [-0.4, -0.2) is 27.2 Å². The fraction of sp³-hybridized carbons (Fsp3) is 0.286. The molecular weight excluding hydrogens is 248 g/mol. The van der Waals surface area contributed by atoms with Crippen LogP contribution in [0, 0.1) is 0 Å². The van der Waals surface area contributed by atoms with E-state index in [0.29, 0.717) is 4.34 Å². The Morgan fingerprint density at radius 1 is 1.57 bits per heavy atom. The van der Waals surface area contributed by atoms with Gasteiger partial charge in [-0.25, -0.2) is 8.42 Å². The van der Waals surface area contributed by atoms with Crippen molar-refractivity contribution in [2.45, 2.75) is 4.21 Å². The van der Waals surface area contributed by atoms with E-state index >= 15 is 0 Å². The van der Waals surface area contributed by atoms with Gasteiger partial charge >= 0.3 is 5.97 Å². The van der Waals surface area contributed by atoms with Gasteiger partial charge in [0.25, 0.3) is 0 Å². The molecule has 78 valence electrons. The predicted octanol–water partition coefficient (Wildman–Crippen LogP) is 1.35. The number of esters is 1. The molecule has 0 radical (unpaired) electrons. The lowest BCUT2D eigenvalue weighted by atomic mass is 10.7. The van der Waals surface area contributed by atoms with E-state index < -0.39 is 21.6 Å². The number of rotatable bonds is 3. The monoisotopic (exact) mass is 254 g/mol. The summed E-state index contributed by atoms with van der Waals surface area (Å²) in [6, 6.07) is 2.83. The van der Waals surface area contributed by atoms with Crippen LogP contribution in [0.25, 0.3) is 0 Å². The van der Waals surface area contributed by atoms with Crippen LogP contribution in [-0.2, 0) is 19.4 Å². The van der Waals surface area contributed by atoms with Gasteiger partial charge in [-0.1, -0.05) is 11.6 Å². The van der Waals surface area contributed by atoms with E-state index in [-0.39, 0.29) is 4.21 Å². The molecule has 0 aliphatic heterocycles. The Morgan fingerprint density at radius 2 is 2.21 bits per heavy atom. The van der Waals surface area contributed by atoms with Crippen LogP contribution in [0.5, 0.6) is 0 Å². The SMILES string of the molecule is COC(=O)CS(=O)(=O)c1ccc(Cl)s1. The molecule has 0 aromatic carbocycles. The van der Waals surface area contributed by atoms with E-state index in [9.17, 15) is 13.2 Å². The summed E-state index contributed by atoms with van der Waals surface area (Å²) in [6.07, 6.45) is 0. The van der Waals surface area contributed by atoms with Crippen molar-refractivity contribution in [2.24, 2.45) is 0 Å². The van der Waals surface area contributed by atoms with Crippen molar-refractivity contribution in [1.29, 1.82) is 0 Å². The standard InChI is InChI=1S/C7H7ClO4S2/c1-12-6(9)4-14(10,11)7-3-2-5(8)13-7/h2-3H,4H2,1H3. The first kappa shape index (κ1) is 11.5. The first-order valence-electron chi connectivity index (χ1n) is 3.50. The zero-order valence-electron chi connectivity index (χ0n) is 7.19. The highest BCUT2D eigenvalue weighted by Crippen LogP contribution is 2.26. The topological polar surface area (TPSA) is 60.4 Å². The second-order valence-electron chi connectivity index (χ2n) is 2.39. The Bertz CT molecular complexity index is 434. The fourth-order valence-corrected chi connectivity index (χ4v) is 3.46. The lowest BCUT2D eigenvalue weighted by molar-refractivity contribution is -0.137. The number of hydrogen-bond donors (Lipinski definition) is 0. The third-order valence-corrected chi connectivity index (χ3v) is 4.79. The Hall–Kier alpha value is -0.590. The third kappa shape index (κ3) is 2.70. The maximum Gasteiger partial charge on any atom is 0.321 e. The molecule has 0 N–H and O–H groups in total. The predicted molar refractivity (Wildman–Crippen MR) is 53.4 cm³/mol. The number of methoxy groups -OCH3 is 1. The highest BCUT2D eigenvalue weighted by Gasteiger charge is 2.21. The average molecular weight is 255 g/mol. The average Bonchev–Trinajstić information content (AvgIpc) is 2.51. The first-order valence-corrected chi connectivity index (χ1v) is 6.35. The molecule has 0 spiro atoms. The van der Waals surface area contributed by atoms with Crippen molar-refractivity contribution in [3.05, 3.63) is 16.5 Å². The third-order valence-electron chi connectivity index (χ3n) is 1.39. The summed E-state index contributed by atoms with van der Waals surface area (Å²) in [7, 11) is -2.45. The lowest BCUT2D eigenvalue weighted by Crippen LogP contribution is -2.16. The van der Waals surface area contributed by atoms with Crippen LogP contribution >= 0.6 is 22.9 Å². The minimum Gasteiger partial charge on any atom is -0.468 e. The molecular formula is C7H7ClO4S2. The summed E-state index contributed by atoms with van der Waals surface area (Å²) in [5, 5.41) is 0. The van der Waals surface area contributed by atoms with Crippen LogP contribution in [0.4, 0.5) is 0 Å². The van der Waals surface area contributed by atoms with E-state index in [0.717, 1.165) is 18.4 Å². The highest BCUT2D eigenvalue weighted by atomic mass is 35.5. The summed E-state index contributed by atoms with van der Waals surface area (Å²) >= 11 is 6.49. The molecule has 0 bridgehead atoms. The number of carbonyl (C=O) groups excluding carboxylic acids is 1. The van der Waals surface area contributed by atoms with Crippen molar-refractivity contribution >= 4 is 38.7 Å². The van der Waals surface area contributed by atoms with E-state index in [2.05, 4.69) is 4.74 Å². The molecule has 0 unspecified atom stereocenters. The molecule has 14 heavy (non-hydrogen) atoms. The van der Waals surface area contributed by atoms with Gasteiger partial charge < -0.3 is 4.74 Å². The summed E-state index contributed by atoms with van der Waals surface area (Å²) < 4.78 is 27.6. The summed E-state index contributed by atoms with van der Waals surface area (Å²) in [5.41, 5.74) is 0. The molecule has 4 nitrogen and oxygen atoms in total. The largest absolute Gasteiger partial charge is 0.468 e. The molecule has 1 rings (SSSR count). The van der Waals surface area contributed by atoms with Crippen molar-refractivity contribution in [2.75, 3.05) is 12.9 Å². The number of sulfone groups is 1. The Labute approximate surface area is 90.4 Å². The molecule has 0 amide bonds. The Morgan fingerprint density at radius 3 is 2.64 bits per heavy atom. The normalized spacial score (nSPS) is 11.3. The zero-order valence-corrected chi connectivity index (χ0v) is 9.58. The van der Waals surface area contributed by atoms with Gasteiger partial charge in [0.1, 0.15) is 4.21 Å². The second-order valence-corrected chi connectivity index (χ2v) is 6.33. The van der Waals surface area contributed by atoms with Crippen LogP contribution in [0.15, 0.2) is 16.3 Å². The van der Waals surface area contributed by atoms with Gasteiger partial charge in [-0.2, -0.15) is 0 Å². The second kappa shape index (κ2) is 4.29. The lowest BCUT2D eigenvalue weighted by Gasteiger charge is -1.98. The molecule has 0 saturated carbocycles. The van der Waals surface area contributed by atoms with Gasteiger partial charge in [0.05, 0.1) is 11.4 Å². The minimum atomic E-state index is -3.59. The molecule has 0 saturated heterocycles. The van der Waals surface area contributed by atoms with Gasteiger partial charge in [0, 0.05) is 0 Å². The van der Waals surface area contributed by atoms with Crippen molar-refractivity contribution in [3.8, 4) is 0 Å². The number of thiophene rings is 1. The van der Waals surface area contributed by atoms with Gasteiger partial charge in [-0.15, -0.1) is 11.3 Å². The smallest absolute Gasteiger partial charge is 0.321 e. The van der Waals surface area contributed by atoms with E-state index in [1.54, 1.807) is 0 Å². The number of carbonyl (C=O) groups is 1. The van der Waals surface area contributed by atoms with Crippen LogP contribution < -0.4 is 0 Å². The number of hydrogen-bond acceptors (Lipinski definition) is 5. The van der Waals surface area contributed by atoms with Gasteiger partial charge in [-0.05, 0) is 12.1 Å². The first-order chi connectivity index (χ1) is 6.45. The van der Waals surface area contributed by atoms with E-state index in [1.165, 1.54) is 12.1 Å². The molecule has 0 aliphatic carbocycles. The summed E-state index contributed by atoms with van der Waals surface area (Å²) in [5.74, 6) is -1.44. The van der Waals surface area contributed by atoms with Crippen LogP contribution in [0.2, 0.25) is 4.34 Å². The molecule has 0 atom stereocenters. The highest BCUT2D eigenvalue weighted by molar-refractivity contribution is 7.94. The summed E-state index contributed by atoms with van der Waals surface area (Å²) in [4.78, 5) is 10.8. The van der Waals surface area contributed by atoms with Crippen molar-refractivity contribution in [3.63, 3.8) is 0 Å². The quantitative estimate of drug-likeness (QED) is 0.764. The summed E-state index contributed by atoms with van der Waals surface area (Å²) in [6.45, 7) is 0. The maximum absolute atomic E-state index is 11.5. The molecule has 1 aromatic rings. The molecule has 7 heteroatoms. The van der Waals surface area contributed by atoms with Crippen LogP contribution in [0.1, 0.15) is 0 Å². The minimum absolute atomic E-state index is 0.0768. The van der Waals surface area contributed by atoms with Crippen molar-refractivity contribution < 1.29 is 17.9 Å². The molecule has 0 fully saturated rings. The van der Waals surface area contributed by atoms with Gasteiger partial charge in [0.2, 0.25) is 0 Å². The van der Waals surface area contributed by atoms with Crippen LogP contribution in [0.3, 0.4) is 0 Å². The number of ether oxygens (including phenoxy) is 1.